The topological polar surface area (TPSA) is 70.0 Å². The highest BCUT2D eigenvalue weighted by Gasteiger charge is 2.16. The summed E-state index contributed by atoms with van der Waals surface area (Å²) in [4.78, 5) is 0. The molecule has 0 spiro atoms. The van der Waals surface area contributed by atoms with Crippen molar-refractivity contribution in [1.82, 2.24) is 0 Å². The van der Waals surface area contributed by atoms with Gasteiger partial charge in [-0.3, -0.25) is 0 Å². The van der Waals surface area contributed by atoms with Crippen LogP contribution in [0.3, 0.4) is 0 Å². The van der Waals surface area contributed by atoms with Crippen LogP contribution in [0.25, 0.3) is 0 Å². The van der Waals surface area contributed by atoms with Gasteiger partial charge >= 0.3 is 0 Å². The molecule has 0 aliphatic rings. The first kappa shape index (κ1) is 9.42. The molecule has 13 heavy (non-hydrogen) atoms. The van der Waals surface area contributed by atoms with Gasteiger partial charge in [-0.05, 0) is 0 Å². The van der Waals surface area contributed by atoms with E-state index in [2.05, 4.69) is 0 Å². The number of phenols is 1. The Morgan fingerprint density at radius 2 is 2.08 bits per heavy atom. The number of nitriles is 1. The molecule has 0 bridgehead atoms. The van der Waals surface area contributed by atoms with Crippen molar-refractivity contribution in [2.45, 2.75) is 6.04 Å². The summed E-state index contributed by atoms with van der Waals surface area (Å²) in [5, 5.41) is 17.4. The van der Waals surface area contributed by atoms with Gasteiger partial charge in [-0.15, -0.1) is 0 Å². The molecule has 0 unspecified atom stereocenters. The maximum Gasteiger partial charge on any atom is 0.135 e. The number of aromatic hydroxyl groups is 1. The van der Waals surface area contributed by atoms with Crippen LogP contribution in [0.15, 0.2) is 12.1 Å². The highest BCUT2D eigenvalue weighted by Crippen LogP contribution is 2.26. The fourth-order valence-electron chi connectivity index (χ4n) is 0.944. The quantitative estimate of drug-likeness (QED) is 0.688. The molecule has 0 amide bonds. The summed E-state index contributed by atoms with van der Waals surface area (Å²) in [5.74, 6) is -2.58. The van der Waals surface area contributed by atoms with E-state index in [1.165, 1.54) is 6.07 Å². The van der Waals surface area contributed by atoms with Crippen LogP contribution in [0.4, 0.5) is 8.78 Å². The SMILES string of the molecule is N#C[C@@H](N)c1c(O)cc(F)cc1F. The Labute approximate surface area is 73.0 Å². The molecule has 0 fully saturated rings. The summed E-state index contributed by atoms with van der Waals surface area (Å²) in [6.45, 7) is 0. The van der Waals surface area contributed by atoms with Crippen molar-refractivity contribution in [1.29, 1.82) is 5.26 Å². The van der Waals surface area contributed by atoms with Crippen LogP contribution < -0.4 is 5.73 Å². The number of hydrogen-bond acceptors (Lipinski definition) is 3. The summed E-state index contributed by atoms with van der Waals surface area (Å²) in [7, 11) is 0. The van der Waals surface area contributed by atoms with Crippen molar-refractivity contribution in [3.63, 3.8) is 0 Å². The number of rotatable bonds is 1. The predicted molar refractivity (Wildman–Crippen MR) is 40.6 cm³/mol. The van der Waals surface area contributed by atoms with E-state index in [4.69, 9.17) is 16.1 Å². The molecule has 1 aromatic carbocycles. The minimum atomic E-state index is -1.29. The molecule has 0 aromatic heterocycles. The van der Waals surface area contributed by atoms with E-state index in [1.807, 2.05) is 0 Å². The van der Waals surface area contributed by atoms with Gasteiger partial charge in [-0.25, -0.2) is 8.78 Å². The van der Waals surface area contributed by atoms with Crippen LogP contribution in [0, 0.1) is 23.0 Å². The molecule has 3 N–H and O–H groups in total. The third-order valence-electron chi connectivity index (χ3n) is 1.52. The number of benzene rings is 1. The van der Waals surface area contributed by atoms with Gasteiger partial charge in [0.15, 0.2) is 0 Å². The van der Waals surface area contributed by atoms with Crippen LogP contribution >= 0.6 is 0 Å². The third-order valence-corrected chi connectivity index (χ3v) is 1.52. The van der Waals surface area contributed by atoms with Crippen molar-refractivity contribution in [2.24, 2.45) is 5.73 Å². The minimum Gasteiger partial charge on any atom is -0.507 e. The average Bonchev–Trinajstić information content (AvgIpc) is 2.02. The number of nitrogens with zero attached hydrogens (tertiary/aromatic N) is 1. The Hall–Kier alpha value is -1.67. The smallest absolute Gasteiger partial charge is 0.135 e. The van der Waals surface area contributed by atoms with Gasteiger partial charge in [-0.1, -0.05) is 0 Å². The molecule has 0 saturated heterocycles. The lowest BCUT2D eigenvalue weighted by Crippen LogP contribution is -2.10. The lowest BCUT2D eigenvalue weighted by Gasteiger charge is -2.07. The van der Waals surface area contributed by atoms with Crippen LogP contribution in [0.5, 0.6) is 5.75 Å². The second-order valence-electron chi connectivity index (χ2n) is 2.43. The van der Waals surface area contributed by atoms with Gasteiger partial charge in [0.05, 0.1) is 11.6 Å². The molecule has 0 saturated carbocycles. The standard InChI is InChI=1S/C8H6F2N2O/c9-4-1-5(10)8(6(12)3-11)7(13)2-4/h1-2,6,13H,12H2/t6-/m1/s1. The van der Waals surface area contributed by atoms with Gasteiger partial charge < -0.3 is 10.8 Å². The Balaban J connectivity index is 3.30. The van der Waals surface area contributed by atoms with Gasteiger partial charge in [0.25, 0.3) is 0 Å². The summed E-state index contributed by atoms with van der Waals surface area (Å²) in [6, 6.07) is 1.51. The highest BCUT2D eigenvalue weighted by molar-refractivity contribution is 5.38. The molecule has 1 atom stereocenters. The molecule has 0 radical (unpaired) electrons. The van der Waals surface area contributed by atoms with Gasteiger partial charge in [0.2, 0.25) is 0 Å². The van der Waals surface area contributed by atoms with Crippen molar-refractivity contribution in [3.05, 3.63) is 29.3 Å². The Bertz CT molecular complexity index is 350. The molecule has 68 valence electrons. The van der Waals surface area contributed by atoms with E-state index < -0.39 is 23.4 Å². The van der Waals surface area contributed by atoms with Gasteiger partial charge in [0, 0.05) is 12.1 Å². The van der Waals surface area contributed by atoms with Crippen molar-refractivity contribution in [3.8, 4) is 11.8 Å². The Morgan fingerprint density at radius 1 is 1.46 bits per heavy atom. The fraction of sp³-hybridized carbons (Fsp3) is 0.125. The number of hydrogen-bond donors (Lipinski definition) is 2. The number of halogens is 2. The van der Waals surface area contributed by atoms with Crippen molar-refractivity contribution >= 4 is 0 Å². The van der Waals surface area contributed by atoms with Crippen LogP contribution in [-0.4, -0.2) is 5.11 Å². The van der Waals surface area contributed by atoms with E-state index in [0.29, 0.717) is 12.1 Å². The van der Waals surface area contributed by atoms with Crippen molar-refractivity contribution in [2.75, 3.05) is 0 Å². The van der Waals surface area contributed by atoms with Crippen LogP contribution in [0.2, 0.25) is 0 Å². The molecule has 0 aliphatic heterocycles. The zero-order chi connectivity index (χ0) is 10.0. The second kappa shape index (κ2) is 3.37. The normalized spacial score (nSPS) is 12.2. The maximum atomic E-state index is 12.9. The molecule has 1 aromatic rings. The molecule has 1 rings (SSSR count). The van der Waals surface area contributed by atoms with Gasteiger partial charge in [-0.2, -0.15) is 5.26 Å². The second-order valence-corrected chi connectivity index (χ2v) is 2.43. The number of nitrogens with two attached hydrogens (primary N) is 1. The minimum absolute atomic E-state index is 0.385. The lowest BCUT2D eigenvalue weighted by atomic mass is 10.1. The average molecular weight is 184 g/mol. The van der Waals surface area contributed by atoms with E-state index in [-0.39, 0.29) is 5.56 Å². The Kier molecular flexibility index (Phi) is 2.44. The predicted octanol–water partition coefficient (Wildman–Crippen LogP) is 1.19. The summed E-state index contributed by atoms with van der Waals surface area (Å²) >= 11 is 0. The first-order valence-corrected chi connectivity index (χ1v) is 3.39. The molecule has 0 aliphatic carbocycles. The van der Waals surface area contributed by atoms with E-state index in [9.17, 15) is 8.78 Å². The van der Waals surface area contributed by atoms with E-state index in [0.717, 1.165) is 0 Å². The number of phenolic OH excluding ortho intramolecular Hbond substituents is 1. The maximum absolute atomic E-state index is 12.9. The molecule has 0 heterocycles. The first-order chi connectivity index (χ1) is 6.06. The largest absolute Gasteiger partial charge is 0.507 e. The molecule has 3 nitrogen and oxygen atoms in total. The van der Waals surface area contributed by atoms with Crippen molar-refractivity contribution < 1.29 is 13.9 Å². The monoisotopic (exact) mass is 184 g/mol. The zero-order valence-corrected chi connectivity index (χ0v) is 6.46. The van der Waals surface area contributed by atoms with E-state index >= 15 is 0 Å². The molecular weight excluding hydrogens is 178 g/mol. The van der Waals surface area contributed by atoms with Crippen LogP contribution in [-0.2, 0) is 0 Å². The fourth-order valence-corrected chi connectivity index (χ4v) is 0.944. The Morgan fingerprint density at radius 3 is 2.54 bits per heavy atom. The van der Waals surface area contributed by atoms with Gasteiger partial charge in [0.1, 0.15) is 23.4 Å². The van der Waals surface area contributed by atoms with Crippen LogP contribution in [0.1, 0.15) is 11.6 Å². The lowest BCUT2D eigenvalue weighted by molar-refractivity contribution is 0.447. The van der Waals surface area contributed by atoms with E-state index in [1.54, 1.807) is 0 Å². The summed E-state index contributed by atoms with van der Waals surface area (Å²) < 4.78 is 25.4. The summed E-state index contributed by atoms with van der Waals surface area (Å²) in [5.41, 5.74) is 4.78. The first-order valence-electron chi connectivity index (χ1n) is 3.39. The molecular formula is C8H6F2N2O. The highest BCUT2D eigenvalue weighted by atomic mass is 19.1. The summed E-state index contributed by atoms with van der Waals surface area (Å²) in [6.07, 6.45) is 0. The molecule has 5 heteroatoms. The third kappa shape index (κ3) is 1.73. The zero-order valence-electron chi connectivity index (χ0n) is 6.46.